The summed E-state index contributed by atoms with van der Waals surface area (Å²) in [7, 11) is 0. The molecule has 1 saturated heterocycles. The van der Waals surface area contributed by atoms with Crippen LogP contribution in [0.2, 0.25) is 0 Å². The molecular weight excluding hydrogens is 256 g/mol. The van der Waals surface area contributed by atoms with Crippen molar-refractivity contribution in [3.8, 4) is 0 Å². The van der Waals surface area contributed by atoms with E-state index in [1.54, 1.807) is 0 Å². The number of rotatable bonds is 1. The molecule has 4 saturated carbocycles. The van der Waals surface area contributed by atoms with Crippen LogP contribution in [0, 0.1) is 16.7 Å². The van der Waals surface area contributed by atoms with E-state index < -0.39 is 23.4 Å². The Bertz CT molecular complexity index is 537. The van der Waals surface area contributed by atoms with Gasteiger partial charge >= 0.3 is 17.8 Å². The molecule has 1 N–H and O–H groups in total. The molecule has 5 rings (SSSR count). The molecule has 5 aliphatic rings. The first-order valence-electron chi connectivity index (χ1n) is 7.44. The number of imide groups is 2. The summed E-state index contributed by atoms with van der Waals surface area (Å²) in [6.07, 6.45) is 6.17. The highest BCUT2D eigenvalue weighted by molar-refractivity contribution is 6.45. The average molecular weight is 276 g/mol. The summed E-state index contributed by atoms with van der Waals surface area (Å²) < 4.78 is 0. The van der Waals surface area contributed by atoms with Crippen molar-refractivity contribution in [2.24, 2.45) is 16.7 Å². The third-order valence-electron chi connectivity index (χ3n) is 5.89. The number of hydrogen-bond acceptors (Lipinski definition) is 3. The molecule has 0 aromatic carbocycles. The van der Waals surface area contributed by atoms with E-state index in [1.807, 2.05) is 0 Å². The summed E-state index contributed by atoms with van der Waals surface area (Å²) in [5, 5.41) is 2.17. The van der Waals surface area contributed by atoms with E-state index in [0.717, 1.165) is 19.3 Å². The van der Waals surface area contributed by atoms with E-state index in [2.05, 4.69) is 19.2 Å². The van der Waals surface area contributed by atoms with Crippen molar-refractivity contribution in [2.75, 3.05) is 0 Å². The Morgan fingerprint density at radius 2 is 1.60 bits per heavy atom. The Hall–Kier alpha value is -1.39. The zero-order valence-corrected chi connectivity index (χ0v) is 12.0. The van der Waals surface area contributed by atoms with Crippen molar-refractivity contribution < 1.29 is 14.4 Å². The molecule has 5 nitrogen and oxygen atoms in total. The first-order chi connectivity index (χ1) is 9.24. The normalized spacial score (nSPS) is 50.0. The van der Waals surface area contributed by atoms with Crippen LogP contribution >= 0.6 is 0 Å². The van der Waals surface area contributed by atoms with Crippen molar-refractivity contribution in [1.29, 1.82) is 0 Å². The Morgan fingerprint density at radius 1 is 1.00 bits per heavy atom. The smallest absolute Gasteiger partial charge is 0.269 e. The lowest BCUT2D eigenvalue weighted by molar-refractivity contribution is -0.164. The molecule has 0 aromatic rings. The van der Waals surface area contributed by atoms with Gasteiger partial charge in [-0.2, -0.15) is 0 Å². The van der Waals surface area contributed by atoms with Crippen LogP contribution in [0.4, 0.5) is 4.79 Å². The second-order valence-electron chi connectivity index (χ2n) is 8.25. The van der Waals surface area contributed by atoms with Crippen molar-refractivity contribution >= 4 is 17.8 Å². The zero-order valence-electron chi connectivity index (χ0n) is 12.0. The summed E-state index contributed by atoms with van der Waals surface area (Å²) in [6.45, 7) is 4.56. The van der Waals surface area contributed by atoms with Crippen LogP contribution in [0.5, 0.6) is 0 Å². The lowest BCUT2D eigenvalue weighted by atomic mass is 9.42. The molecule has 0 aromatic heterocycles. The third kappa shape index (κ3) is 1.41. The average Bonchev–Trinajstić information content (AvgIpc) is 2.47. The fourth-order valence-corrected chi connectivity index (χ4v) is 6.47. The number of hydrogen-bond donors (Lipinski definition) is 1. The van der Waals surface area contributed by atoms with Crippen LogP contribution in [0.3, 0.4) is 0 Å². The molecule has 0 spiro atoms. The van der Waals surface area contributed by atoms with Gasteiger partial charge in [0.25, 0.3) is 0 Å². The molecule has 20 heavy (non-hydrogen) atoms. The lowest BCUT2D eigenvalue weighted by Gasteiger charge is -2.66. The van der Waals surface area contributed by atoms with Crippen LogP contribution in [-0.2, 0) is 9.59 Å². The topological polar surface area (TPSA) is 66.5 Å². The van der Waals surface area contributed by atoms with Crippen molar-refractivity contribution in [2.45, 2.75) is 57.9 Å². The van der Waals surface area contributed by atoms with Crippen LogP contribution in [-0.4, -0.2) is 28.3 Å². The maximum absolute atomic E-state index is 12.1. The second-order valence-corrected chi connectivity index (χ2v) is 8.25. The fraction of sp³-hybridized carbons (Fsp3) is 0.800. The predicted molar refractivity (Wildman–Crippen MR) is 70.5 cm³/mol. The van der Waals surface area contributed by atoms with Gasteiger partial charge in [0.05, 0.1) is 5.54 Å². The summed E-state index contributed by atoms with van der Waals surface area (Å²) in [4.78, 5) is 37.0. The highest BCUT2D eigenvalue weighted by Crippen LogP contribution is 2.67. The molecule has 4 amide bonds. The minimum absolute atomic E-state index is 0.209. The van der Waals surface area contributed by atoms with Crippen molar-refractivity contribution in [1.82, 2.24) is 10.2 Å². The van der Waals surface area contributed by atoms with Gasteiger partial charge in [0.1, 0.15) is 0 Å². The van der Waals surface area contributed by atoms with E-state index in [0.29, 0.717) is 5.92 Å². The zero-order chi connectivity index (χ0) is 14.3. The molecular formula is C15H20N2O3. The van der Waals surface area contributed by atoms with Crippen LogP contribution in [0.25, 0.3) is 0 Å². The van der Waals surface area contributed by atoms with Crippen LogP contribution in [0.15, 0.2) is 0 Å². The van der Waals surface area contributed by atoms with Gasteiger partial charge in [0.2, 0.25) is 0 Å². The Morgan fingerprint density at radius 3 is 2.05 bits per heavy atom. The molecule has 2 atom stereocenters. The Balaban J connectivity index is 1.79. The van der Waals surface area contributed by atoms with E-state index in [9.17, 15) is 14.4 Å². The molecule has 108 valence electrons. The second kappa shape index (κ2) is 3.26. The van der Waals surface area contributed by atoms with E-state index >= 15 is 0 Å². The van der Waals surface area contributed by atoms with Crippen LogP contribution < -0.4 is 5.32 Å². The minimum Gasteiger partial charge on any atom is -0.269 e. The molecule has 5 heteroatoms. The van der Waals surface area contributed by atoms with E-state index in [1.165, 1.54) is 24.2 Å². The van der Waals surface area contributed by atoms with Gasteiger partial charge in [-0.15, -0.1) is 0 Å². The highest BCUT2D eigenvalue weighted by atomic mass is 16.2. The van der Waals surface area contributed by atoms with Gasteiger partial charge in [-0.3, -0.25) is 14.9 Å². The van der Waals surface area contributed by atoms with E-state index in [4.69, 9.17) is 0 Å². The van der Waals surface area contributed by atoms with Gasteiger partial charge in [-0.25, -0.2) is 9.69 Å². The molecule has 0 radical (unpaired) electrons. The Labute approximate surface area is 118 Å². The van der Waals surface area contributed by atoms with E-state index in [-0.39, 0.29) is 10.8 Å². The van der Waals surface area contributed by atoms with Crippen molar-refractivity contribution in [3.05, 3.63) is 0 Å². The van der Waals surface area contributed by atoms with Crippen LogP contribution in [0.1, 0.15) is 52.4 Å². The summed E-state index contributed by atoms with van der Waals surface area (Å²) in [5.74, 6) is -0.831. The largest absolute Gasteiger partial charge is 0.332 e. The SMILES string of the molecule is CC12CC3CC(C)(C1)CC(N1C(=O)NC(=O)C1=O)(C3)C2. The molecule has 2 unspecified atom stereocenters. The summed E-state index contributed by atoms with van der Waals surface area (Å²) >= 11 is 0. The fourth-order valence-electron chi connectivity index (χ4n) is 6.47. The van der Waals surface area contributed by atoms with Crippen molar-refractivity contribution in [3.63, 3.8) is 0 Å². The monoisotopic (exact) mass is 276 g/mol. The molecule has 1 heterocycles. The van der Waals surface area contributed by atoms with Gasteiger partial charge in [-0.05, 0) is 55.3 Å². The number of carbonyl (C=O) groups excluding carboxylic acids is 3. The number of urea groups is 1. The number of nitrogens with one attached hydrogen (secondary N) is 1. The van der Waals surface area contributed by atoms with Gasteiger partial charge in [-0.1, -0.05) is 13.8 Å². The predicted octanol–water partition coefficient (Wildman–Crippen LogP) is 1.81. The lowest BCUT2D eigenvalue weighted by Crippen LogP contribution is -2.66. The minimum atomic E-state index is -0.763. The standard InChI is InChI=1S/C15H20N2O3/c1-13-3-9-4-14(2,6-13)8-15(5-9,7-13)17-11(19)10(18)16-12(17)20/h9H,3-8H2,1-2H3,(H,16,18,20). The number of nitrogens with zero attached hydrogens (tertiary/aromatic N) is 1. The highest BCUT2D eigenvalue weighted by Gasteiger charge is 2.65. The molecule has 4 aliphatic carbocycles. The number of amides is 4. The molecule has 4 bridgehead atoms. The number of carbonyl (C=O) groups is 3. The maximum Gasteiger partial charge on any atom is 0.332 e. The molecule has 5 fully saturated rings. The summed E-state index contributed by atoms with van der Waals surface area (Å²) in [6, 6.07) is -0.505. The first-order valence-corrected chi connectivity index (χ1v) is 7.44. The van der Waals surface area contributed by atoms with Gasteiger partial charge in [0, 0.05) is 0 Å². The molecule has 1 aliphatic heterocycles. The van der Waals surface area contributed by atoms with Gasteiger partial charge < -0.3 is 0 Å². The quantitative estimate of drug-likeness (QED) is 0.587. The van der Waals surface area contributed by atoms with Gasteiger partial charge in [0.15, 0.2) is 0 Å². The first kappa shape index (κ1) is 12.4. The Kier molecular flexibility index (Phi) is 2.01. The third-order valence-corrected chi connectivity index (χ3v) is 5.89. The maximum atomic E-state index is 12.1. The summed E-state index contributed by atoms with van der Waals surface area (Å²) in [5.41, 5.74) is -0.00300.